The summed E-state index contributed by atoms with van der Waals surface area (Å²) in [6, 6.07) is 7.72. The van der Waals surface area contributed by atoms with E-state index in [9.17, 15) is 4.79 Å². The van der Waals surface area contributed by atoms with Crippen molar-refractivity contribution >= 4 is 40.9 Å². The third kappa shape index (κ3) is 4.49. The molecule has 8 heteroatoms. The third-order valence-electron chi connectivity index (χ3n) is 3.98. The lowest BCUT2D eigenvalue weighted by molar-refractivity contribution is 0.102. The second-order valence-electron chi connectivity index (χ2n) is 5.88. The van der Waals surface area contributed by atoms with Crippen LogP contribution in [-0.2, 0) is 5.54 Å². The summed E-state index contributed by atoms with van der Waals surface area (Å²) in [5, 5.41) is 3.49. The van der Waals surface area contributed by atoms with Crippen LogP contribution in [-0.4, -0.2) is 26.8 Å². The van der Waals surface area contributed by atoms with Gasteiger partial charge in [0.15, 0.2) is 5.17 Å². The molecule has 132 valence electrons. The summed E-state index contributed by atoms with van der Waals surface area (Å²) in [6.07, 6.45) is 3.94. The molecule has 3 N–H and O–H groups in total. The first-order chi connectivity index (χ1) is 11.5. The van der Waals surface area contributed by atoms with Gasteiger partial charge in [-0.3, -0.25) is 9.79 Å². The zero-order valence-electron chi connectivity index (χ0n) is 14.0. The van der Waals surface area contributed by atoms with Crippen LogP contribution in [0, 0.1) is 6.92 Å². The van der Waals surface area contributed by atoms with E-state index in [4.69, 9.17) is 5.73 Å². The van der Waals surface area contributed by atoms with Crippen LogP contribution in [0.5, 0.6) is 0 Å². The largest absolute Gasteiger partial charge is 0.379 e. The molecule has 1 aromatic heterocycles. The first kappa shape index (κ1) is 19.2. The van der Waals surface area contributed by atoms with Crippen molar-refractivity contribution < 1.29 is 4.79 Å². The summed E-state index contributed by atoms with van der Waals surface area (Å²) in [5.74, 6) is 1.33. The van der Waals surface area contributed by atoms with E-state index in [1.807, 2.05) is 24.3 Å². The van der Waals surface area contributed by atoms with E-state index in [1.54, 1.807) is 18.7 Å². The van der Waals surface area contributed by atoms with Crippen LogP contribution in [0.25, 0.3) is 0 Å². The van der Waals surface area contributed by atoms with Gasteiger partial charge in [0.1, 0.15) is 5.82 Å². The molecule has 1 aliphatic rings. The molecule has 3 rings (SSSR count). The normalized spacial score (nSPS) is 19.5. The maximum absolute atomic E-state index is 12.3. The van der Waals surface area contributed by atoms with E-state index < -0.39 is 0 Å². The van der Waals surface area contributed by atoms with Gasteiger partial charge in [-0.05, 0) is 38.0 Å². The standard InChI is InChI=1S/C17H19N5OS.ClH/c1-11-19-9-12(10-20-11)15(23)21-14-5-3-4-13(8-14)17(2)6-7-24-16(18)22-17;/h3-5,8-10H,6-7H2,1-2H3,(H2,18,22)(H,21,23);1H/t17-;/m0./s1. The fourth-order valence-electron chi connectivity index (χ4n) is 2.54. The lowest BCUT2D eigenvalue weighted by Gasteiger charge is -2.30. The predicted octanol–water partition coefficient (Wildman–Crippen LogP) is 3.13. The number of hydrogen-bond donors (Lipinski definition) is 2. The smallest absolute Gasteiger partial charge is 0.258 e. The number of nitrogens with one attached hydrogen (secondary N) is 1. The van der Waals surface area contributed by atoms with Crippen LogP contribution in [0.4, 0.5) is 5.69 Å². The van der Waals surface area contributed by atoms with Gasteiger partial charge in [0.25, 0.3) is 5.91 Å². The summed E-state index contributed by atoms with van der Waals surface area (Å²) in [6.45, 7) is 3.84. The molecule has 0 saturated carbocycles. The fourth-order valence-corrected chi connectivity index (χ4v) is 3.51. The highest BCUT2D eigenvalue weighted by Gasteiger charge is 2.29. The van der Waals surface area contributed by atoms with Gasteiger partial charge in [-0.15, -0.1) is 12.4 Å². The maximum Gasteiger partial charge on any atom is 0.258 e. The fraction of sp³-hybridized carbons (Fsp3) is 0.294. The number of anilines is 1. The molecule has 1 aromatic carbocycles. The van der Waals surface area contributed by atoms with Crippen LogP contribution in [0.2, 0.25) is 0 Å². The molecule has 0 radical (unpaired) electrons. The van der Waals surface area contributed by atoms with Crippen molar-refractivity contribution in [3.63, 3.8) is 0 Å². The minimum atomic E-state index is -0.358. The molecular weight excluding hydrogens is 358 g/mol. The Hall–Kier alpha value is -2.12. The van der Waals surface area contributed by atoms with Gasteiger partial charge in [0.2, 0.25) is 0 Å². The molecular formula is C17H20ClN5OS. The van der Waals surface area contributed by atoms with Crippen LogP contribution < -0.4 is 11.1 Å². The van der Waals surface area contributed by atoms with E-state index in [2.05, 4.69) is 27.2 Å². The number of nitrogens with zero attached hydrogens (tertiary/aromatic N) is 3. The quantitative estimate of drug-likeness (QED) is 0.857. The molecule has 2 aromatic rings. The van der Waals surface area contributed by atoms with Crippen molar-refractivity contribution in [3.05, 3.63) is 53.6 Å². The van der Waals surface area contributed by atoms with E-state index >= 15 is 0 Å². The topological polar surface area (TPSA) is 93.3 Å². The number of aromatic nitrogens is 2. The van der Waals surface area contributed by atoms with Crippen molar-refractivity contribution in [2.75, 3.05) is 11.1 Å². The Morgan fingerprint density at radius 3 is 2.72 bits per heavy atom. The number of carbonyl (C=O) groups is 1. The second kappa shape index (κ2) is 7.84. The zero-order chi connectivity index (χ0) is 17.2. The number of aryl methyl sites for hydroxylation is 1. The summed E-state index contributed by atoms with van der Waals surface area (Å²) in [5.41, 5.74) is 7.70. The molecule has 0 unspecified atom stereocenters. The zero-order valence-corrected chi connectivity index (χ0v) is 15.7. The predicted molar refractivity (Wildman–Crippen MR) is 104 cm³/mol. The lowest BCUT2D eigenvalue weighted by atomic mass is 9.89. The second-order valence-corrected chi connectivity index (χ2v) is 6.99. The highest BCUT2D eigenvalue weighted by molar-refractivity contribution is 8.13. The number of halogens is 1. The average Bonchev–Trinajstić information content (AvgIpc) is 2.55. The average molecular weight is 378 g/mol. The molecule has 25 heavy (non-hydrogen) atoms. The van der Waals surface area contributed by atoms with Crippen LogP contribution in [0.1, 0.15) is 35.1 Å². The number of hydrogen-bond acceptors (Lipinski definition) is 6. The van der Waals surface area contributed by atoms with Crippen molar-refractivity contribution in [2.24, 2.45) is 10.7 Å². The number of amides is 1. The maximum atomic E-state index is 12.3. The highest BCUT2D eigenvalue weighted by atomic mass is 35.5. The van der Waals surface area contributed by atoms with Crippen LogP contribution in [0.3, 0.4) is 0 Å². The molecule has 2 heterocycles. The Bertz CT molecular complexity index is 796. The van der Waals surface area contributed by atoms with Gasteiger partial charge < -0.3 is 11.1 Å². The van der Waals surface area contributed by atoms with Gasteiger partial charge in [0, 0.05) is 23.8 Å². The monoisotopic (exact) mass is 377 g/mol. The number of benzene rings is 1. The molecule has 1 amide bonds. The first-order valence-corrected chi connectivity index (χ1v) is 8.63. The SMILES string of the molecule is Cc1ncc(C(=O)Nc2cccc([C@]3(C)CCSC(N)=N3)c2)cn1.Cl. The van der Waals surface area contributed by atoms with E-state index in [0.29, 0.717) is 22.2 Å². The Balaban J connectivity index is 0.00000225. The van der Waals surface area contributed by atoms with Gasteiger partial charge >= 0.3 is 0 Å². The number of rotatable bonds is 3. The number of carbonyl (C=O) groups excluding carboxylic acids is 1. The molecule has 0 spiro atoms. The van der Waals surface area contributed by atoms with E-state index in [0.717, 1.165) is 17.7 Å². The van der Waals surface area contributed by atoms with E-state index in [1.165, 1.54) is 12.4 Å². The molecule has 0 bridgehead atoms. The molecule has 6 nitrogen and oxygen atoms in total. The van der Waals surface area contributed by atoms with Crippen molar-refractivity contribution in [1.82, 2.24) is 9.97 Å². The van der Waals surface area contributed by atoms with Crippen LogP contribution in [0.15, 0.2) is 41.7 Å². The van der Waals surface area contributed by atoms with Gasteiger partial charge in [-0.2, -0.15) is 0 Å². The summed E-state index contributed by atoms with van der Waals surface area (Å²) < 4.78 is 0. The van der Waals surface area contributed by atoms with Crippen molar-refractivity contribution in [2.45, 2.75) is 25.8 Å². The first-order valence-electron chi connectivity index (χ1n) is 7.65. The lowest BCUT2D eigenvalue weighted by Crippen LogP contribution is -2.28. The molecule has 0 fully saturated rings. The number of amidine groups is 1. The Morgan fingerprint density at radius 1 is 1.32 bits per heavy atom. The molecule has 0 saturated heterocycles. The minimum Gasteiger partial charge on any atom is -0.379 e. The van der Waals surface area contributed by atoms with Crippen LogP contribution >= 0.6 is 24.2 Å². The molecule has 1 atom stereocenters. The number of nitrogens with two attached hydrogens (primary N) is 1. The van der Waals surface area contributed by atoms with Gasteiger partial charge in [-0.1, -0.05) is 23.9 Å². The van der Waals surface area contributed by atoms with Gasteiger partial charge in [0.05, 0.1) is 11.1 Å². The molecule has 0 aliphatic carbocycles. The summed E-state index contributed by atoms with van der Waals surface area (Å²) in [4.78, 5) is 25.0. The Kier molecular flexibility index (Phi) is 6.02. The highest BCUT2D eigenvalue weighted by Crippen LogP contribution is 2.35. The molecule has 1 aliphatic heterocycles. The Morgan fingerprint density at radius 2 is 2.04 bits per heavy atom. The summed E-state index contributed by atoms with van der Waals surface area (Å²) in [7, 11) is 0. The number of aliphatic imine (C=N–C) groups is 1. The van der Waals surface area contributed by atoms with E-state index in [-0.39, 0.29) is 23.9 Å². The number of thioether (sulfide) groups is 1. The van der Waals surface area contributed by atoms with Crippen molar-refractivity contribution in [1.29, 1.82) is 0 Å². The van der Waals surface area contributed by atoms with Gasteiger partial charge in [-0.25, -0.2) is 9.97 Å². The third-order valence-corrected chi connectivity index (χ3v) is 4.78. The van der Waals surface area contributed by atoms with Crippen molar-refractivity contribution in [3.8, 4) is 0 Å². The summed E-state index contributed by atoms with van der Waals surface area (Å²) >= 11 is 1.57. The Labute approximate surface area is 157 Å². The minimum absolute atomic E-state index is 0.